The van der Waals surface area contributed by atoms with Gasteiger partial charge in [-0.3, -0.25) is 4.79 Å². The summed E-state index contributed by atoms with van der Waals surface area (Å²) in [4.78, 5) is 15.6. The van der Waals surface area contributed by atoms with Gasteiger partial charge in [-0.25, -0.2) is 0 Å². The van der Waals surface area contributed by atoms with Crippen molar-refractivity contribution in [1.29, 1.82) is 0 Å². The standard InChI is InChI=1S/C19H32N2O/c1-17-8-14-9-18(2,11-17)13-19(10-14,12-17)16(22)20-15-4-6-21(3)7-5-15/h14-15H,4-13H2,1-3H3,(H,20,22)/t14?,17-,18-,19?/m0/s1. The van der Waals surface area contributed by atoms with Gasteiger partial charge in [-0.2, -0.15) is 0 Å². The third-order valence-electron chi connectivity index (χ3n) is 7.16. The molecule has 3 heteroatoms. The van der Waals surface area contributed by atoms with Crippen molar-refractivity contribution < 1.29 is 4.79 Å². The summed E-state index contributed by atoms with van der Waals surface area (Å²) in [5, 5.41) is 3.47. The van der Waals surface area contributed by atoms with E-state index in [9.17, 15) is 4.79 Å². The maximum Gasteiger partial charge on any atom is 0.226 e. The molecule has 0 aromatic rings. The number of hydrogen-bond acceptors (Lipinski definition) is 2. The summed E-state index contributed by atoms with van der Waals surface area (Å²) in [5.41, 5.74) is 0.822. The van der Waals surface area contributed by atoms with Crippen molar-refractivity contribution in [3.63, 3.8) is 0 Å². The van der Waals surface area contributed by atoms with Crippen LogP contribution in [0.5, 0.6) is 0 Å². The van der Waals surface area contributed by atoms with Gasteiger partial charge in [0, 0.05) is 6.04 Å². The van der Waals surface area contributed by atoms with Crippen molar-refractivity contribution in [2.24, 2.45) is 22.2 Å². The molecule has 2 atom stereocenters. The summed E-state index contributed by atoms with van der Waals surface area (Å²) in [5.74, 6) is 1.21. The predicted octanol–water partition coefficient (Wildman–Crippen LogP) is 3.19. The van der Waals surface area contributed by atoms with E-state index in [-0.39, 0.29) is 5.41 Å². The summed E-state index contributed by atoms with van der Waals surface area (Å²) in [6.45, 7) is 7.15. The van der Waals surface area contributed by atoms with Crippen molar-refractivity contribution in [3.05, 3.63) is 0 Å². The molecule has 0 aromatic carbocycles. The average Bonchev–Trinajstić information content (AvgIpc) is 2.37. The van der Waals surface area contributed by atoms with E-state index in [1.54, 1.807) is 0 Å². The Labute approximate surface area is 135 Å². The van der Waals surface area contributed by atoms with Crippen molar-refractivity contribution >= 4 is 5.91 Å². The first-order valence-corrected chi connectivity index (χ1v) is 9.30. The average molecular weight is 304 g/mol. The van der Waals surface area contributed by atoms with Gasteiger partial charge in [0.25, 0.3) is 0 Å². The second-order valence-corrected chi connectivity index (χ2v) is 9.96. The summed E-state index contributed by atoms with van der Waals surface area (Å²) < 4.78 is 0. The Kier molecular flexibility index (Phi) is 3.21. The Morgan fingerprint density at radius 2 is 1.59 bits per heavy atom. The molecule has 5 rings (SSSR count). The molecule has 5 aliphatic rings. The number of likely N-dealkylation sites (tertiary alicyclic amines) is 1. The molecule has 0 spiro atoms. The maximum atomic E-state index is 13.2. The highest BCUT2D eigenvalue weighted by molar-refractivity contribution is 5.83. The number of nitrogens with one attached hydrogen (secondary N) is 1. The molecule has 4 aliphatic carbocycles. The zero-order chi connectivity index (χ0) is 15.6. The highest BCUT2D eigenvalue weighted by Gasteiger charge is 2.62. The minimum Gasteiger partial charge on any atom is -0.353 e. The summed E-state index contributed by atoms with van der Waals surface area (Å²) >= 11 is 0. The predicted molar refractivity (Wildman–Crippen MR) is 88.5 cm³/mol. The van der Waals surface area contributed by atoms with Gasteiger partial charge in [0.1, 0.15) is 0 Å². The Balaban J connectivity index is 1.50. The topological polar surface area (TPSA) is 32.3 Å². The number of rotatable bonds is 2. The fourth-order valence-electron chi connectivity index (χ4n) is 7.19. The van der Waals surface area contributed by atoms with Crippen LogP contribution < -0.4 is 5.32 Å². The minimum atomic E-state index is -0.0355. The van der Waals surface area contributed by atoms with Crippen molar-refractivity contribution in [2.45, 2.75) is 71.3 Å². The first kappa shape index (κ1) is 15.0. The SMILES string of the molecule is CN1CCC(NC(=O)C23CC4C[C@](C)(C2)C[C@](C)(C4)C3)CC1. The molecule has 0 aromatic heterocycles. The summed E-state index contributed by atoms with van der Waals surface area (Å²) in [6, 6.07) is 0.414. The maximum absolute atomic E-state index is 13.2. The molecule has 0 radical (unpaired) electrons. The lowest BCUT2D eigenvalue weighted by molar-refractivity contribution is -0.171. The Bertz CT molecular complexity index is 462. The highest BCUT2D eigenvalue weighted by atomic mass is 16.2. The highest BCUT2D eigenvalue weighted by Crippen LogP contribution is 2.69. The molecule has 1 N–H and O–H groups in total. The van der Waals surface area contributed by atoms with Crippen LogP contribution in [0.1, 0.15) is 65.2 Å². The lowest BCUT2D eigenvalue weighted by atomic mass is 9.40. The van der Waals surface area contributed by atoms with E-state index < -0.39 is 0 Å². The van der Waals surface area contributed by atoms with E-state index in [0.717, 1.165) is 51.1 Å². The Morgan fingerprint density at radius 3 is 2.14 bits per heavy atom. The van der Waals surface area contributed by atoms with Gasteiger partial charge in [0.05, 0.1) is 5.41 Å². The number of piperidine rings is 1. The summed E-state index contributed by atoms with van der Waals surface area (Å²) in [6.07, 6.45) is 9.77. The van der Waals surface area contributed by atoms with Gasteiger partial charge in [0.15, 0.2) is 0 Å². The van der Waals surface area contributed by atoms with E-state index in [0.29, 0.717) is 22.8 Å². The third-order valence-corrected chi connectivity index (χ3v) is 7.16. The zero-order valence-corrected chi connectivity index (χ0v) is 14.6. The molecular weight excluding hydrogens is 272 g/mol. The first-order valence-electron chi connectivity index (χ1n) is 9.30. The number of carbonyl (C=O) groups excluding carboxylic acids is 1. The molecule has 1 amide bonds. The molecule has 1 saturated heterocycles. The normalized spacial score (nSPS) is 48.6. The smallest absolute Gasteiger partial charge is 0.226 e. The third kappa shape index (κ3) is 2.40. The van der Waals surface area contributed by atoms with E-state index in [1.807, 2.05) is 0 Å². The Morgan fingerprint density at radius 1 is 1.00 bits per heavy atom. The zero-order valence-electron chi connectivity index (χ0n) is 14.6. The van der Waals surface area contributed by atoms with E-state index in [1.165, 1.54) is 19.3 Å². The number of nitrogens with zero attached hydrogens (tertiary/aromatic N) is 1. The van der Waals surface area contributed by atoms with Crippen LogP contribution >= 0.6 is 0 Å². The number of carbonyl (C=O) groups is 1. The van der Waals surface area contributed by atoms with Gasteiger partial charge in [-0.15, -0.1) is 0 Å². The lowest BCUT2D eigenvalue weighted by Gasteiger charge is -2.64. The van der Waals surface area contributed by atoms with Crippen LogP contribution in [0, 0.1) is 22.2 Å². The summed E-state index contributed by atoms with van der Waals surface area (Å²) in [7, 11) is 2.18. The van der Waals surface area contributed by atoms with Gasteiger partial charge in [-0.05, 0) is 88.3 Å². The molecule has 1 heterocycles. The molecule has 5 fully saturated rings. The van der Waals surface area contributed by atoms with E-state index in [4.69, 9.17) is 0 Å². The van der Waals surface area contributed by atoms with Crippen LogP contribution in [0.15, 0.2) is 0 Å². The van der Waals surface area contributed by atoms with Crippen molar-refractivity contribution in [2.75, 3.05) is 20.1 Å². The largest absolute Gasteiger partial charge is 0.353 e. The Hall–Kier alpha value is -0.570. The molecule has 1 aliphatic heterocycles. The van der Waals surface area contributed by atoms with Gasteiger partial charge in [0.2, 0.25) is 5.91 Å². The van der Waals surface area contributed by atoms with Gasteiger partial charge >= 0.3 is 0 Å². The lowest BCUT2D eigenvalue weighted by Crippen LogP contribution is -2.61. The number of hydrogen-bond donors (Lipinski definition) is 1. The fourth-order valence-corrected chi connectivity index (χ4v) is 7.19. The second kappa shape index (κ2) is 4.72. The molecule has 4 bridgehead atoms. The molecule has 4 saturated carbocycles. The van der Waals surface area contributed by atoms with Crippen molar-refractivity contribution in [1.82, 2.24) is 10.2 Å². The molecule has 124 valence electrons. The quantitative estimate of drug-likeness (QED) is 0.850. The first-order chi connectivity index (χ1) is 10.3. The minimum absolute atomic E-state index is 0.0355. The molecular formula is C19H32N2O. The molecule has 3 nitrogen and oxygen atoms in total. The molecule has 0 unspecified atom stereocenters. The van der Waals surface area contributed by atoms with Crippen LogP contribution in [-0.4, -0.2) is 37.0 Å². The monoisotopic (exact) mass is 304 g/mol. The van der Waals surface area contributed by atoms with Gasteiger partial charge < -0.3 is 10.2 Å². The van der Waals surface area contributed by atoms with Crippen LogP contribution in [-0.2, 0) is 4.79 Å². The van der Waals surface area contributed by atoms with E-state index in [2.05, 4.69) is 31.1 Å². The number of amides is 1. The van der Waals surface area contributed by atoms with Crippen molar-refractivity contribution in [3.8, 4) is 0 Å². The fraction of sp³-hybridized carbons (Fsp3) is 0.947. The van der Waals surface area contributed by atoms with Gasteiger partial charge in [-0.1, -0.05) is 13.8 Å². The van der Waals surface area contributed by atoms with Crippen LogP contribution in [0.4, 0.5) is 0 Å². The second-order valence-electron chi connectivity index (χ2n) is 9.96. The van der Waals surface area contributed by atoms with Crippen LogP contribution in [0.25, 0.3) is 0 Å². The van der Waals surface area contributed by atoms with Crippen LogP contribution in [0.2, 0.25) is 0 Å². The van der Waals surface area contributed by atoms with E-state index >= 15 is 0 Å². The van der Waals surface area contributed by atoms with Crippen LogP contribution in [0.3, 0.4) is 0 Å². The molecule has 22 heavy (non-hydrogen) atoms.